The maximum atomic E-state index is 5.86. The van der Waals surface area contributed by atoms with Crippen LogP contribution in [0.15, 0.2) is 24.5 Å². The Morgan fingerprint density at radius 2 is 2.05 bits per heavy atom. The molecule has 0 atom stereocenters. The molecular formula is C14H21N5. The monoisotopic (exact) mass is 259 g/mol. The number of nitrogens with two attached hydrogens (primary N) is 1. The highest BCUT2D eigenvalue weighted by Crippen LogP contribution is 2.13. The minimum absolute atomic E-state index is 0.607. The van der Waals surface area contributed by atoms with E-state index in [9.17, 15) is 0 Å². The van der Waals surface area contributed by atoms with Crippen LogP contribution in [-0.4, -0.2) is 26.7 Å². The summed E-state index contributed by atoms with van der Waals surface area (Å²) in [7, 11) is 2.08. The molecule has 0 aliphatic carbocycles. The molecule has 0 saturated heterocycles. The van der Waals surface area contributed by atoms with Crippen molar-refractivity contribution in [3.8, 4) is 0 Å². The Labute approximate surface area is 114 Å². The van der Waals surface area contributed by atoms with Gasteiger partial charge in [0.2, 0.25) is 0 Å². The van der Waals surface area contributed by atoms with E-state index in [2.05, 4.69) is 35.2 Å². The smallest absolute Gasteiger partial charge is 0.127 e. The predicted octanol–water partition coefficient (Wildman–Crippen LogP) is 1.82. The number of aromatic nitrogens is 3. The first kappa shape index (κ1) is 13.5. The summed E-state index contributed by atoms with van der Waals surface area (Å²) < 4.78 is 1.97. The van der Waals surface area contributed by atoms with Crippen molar-refractivity contribution >= 4 is 5.82 Å². The van der Waals surface area contributed by atoms with Gasteiger partial charge in [0.05, 0.1) is 5.69 Å². The zero-order valence-electron chi connectivity index (χ0n) is 11.8. The number of nitrogen functional groups attached to an aromatic ring is 1. The summed E-state index contributed by atoms with van der Waals surface area (Å²) >= 11 is 0. The first-order valence-electron chi connectivity index (χ1n) is 6.51. The van der Waals surface area contributed by atoms with Gasteiger partial charge in [-0.3, -0.25) is 9.58 Å². The summed E-state index contributed by atoms with van der Waals surface area (Å²) in [5.74, 6) is 0.607. The third-order valence-electron chi connectivity index (χ3n) is 3.18. The van der Waals surface area contributed by atoms with Crippen molar-refractivity contribution in [3.63, 3.8) is 0 Å². The van der Waals surface area contributed by atoms with Gasteiger partial charge >= 0.3 is 0 Å². The van der Waals surface area contributed by atoms with E-state index in [1.807, 2.05) is 23.7 Å². The quantitative estimate of drug-likeness (QED) is 0.889. The van der Waals surface area contributed by atoms with Gasteiger partial charge in [-0.15, -0.1) is 0 Å². The van der Waals surface area contributed by atoms with Gasteiger partial charge in [0.1, 0.15) is 5.82 Å². The highest BCUT2D eigenvalue weighted by atomic mass is 15.3. The van der Waals surface area contributed by atoms with E-state index in [-0.39, 0.29) is 0 Å². The van der Waals surface area contributed by atoms with Crippen molar-refractivity contribution in [1.29, 1.82) is 0 Å². The lowest BCUT2D eigenvalue weighted by Gasteiger charge is -2.16. The molecule has 0 radical (unpaired) electrons. The van der Waals surface area contributed by atoms with Crippen molar-refractivity contribution in [2.75, 3.05) is 12.8 Å². The predicted molar refractivity (Wildman–Crippen MR) is 76.5 cm³/mol. The molecule has 2 N–H and O–H groups in total. The normalized spacial score (nSPS) is 11.2. The molecule has 2 aromatic heterocycles. The molecule has 5 heteroatoms. The summed E-state index contributed by atoms with van der Waals surface area (Å²) in [4.78, 5) is 6.33. The highest BCUT2D eigenvalue weighted by Gasteiger charge is 2.09. The lowest BCUT2D eigenvalue weighted by molar-refractivity contribution is 0.318. The van der Waals surface area contributed by atoms with Crippen LogP contribution in [0.4, 0.5) is 5.82 Å². The van der Waals surface area contributed by atoms with Crippen LogP contribution in [0.5, 0.6) is 0 Å². The molecule has 0 fully saturated rings. The number of hydrogen-bond acceptors (Lipinski definition) is 4. The molecule has 2 heterocycles. The molecule has 19 heavy (non-hydrogen) atoms. The molecule has 0 aromatic carbocycles. The fourth-order valence-electron chi connectivity index (χ4n) is 2.10. The number of aryl methyl sites for hydroxylation is 2. The van der Waals surface area contributed by atoms with Gasteiger partial charge in [-0.25, -0.2) is 4.98 Å². The summed E-state index contributed by atoms with van der Waals surface area (Å²) in [6.07, 6.45) is 3.83. The van der Waals surface area contributed by atoms with Crippen LogP contribution in [-0.2, 0) is 19.6 Å². The van der Waals surface area contributed by atoms with E-state index in [0.29, 0.717) is 5.82 Å². The van der Waals surface area contributed by atoms with Crippen molar-refractivity contribution in [2.45, 2.75) is 33.5 Å². The summed E-state index contributed by atoms with van der Waals surface area (Å²) in [5, 5.41) is 4.46. The van der Waals surface area contributed by atoms with E-state index in [0.717, 1.165) is 30.9 Å². The lowest BCUT2D eigenvalue weighted by atomic mass is 10.2. The molecule has 0 unspecified atom stereocenters. The van der Waals surface area contributed by atoms with E-state index in [1.165, 1.54) is 5.56 Å². The van der Waals surface area contributed by atoms with Gasteiger partial charge in [-0.2, -0.15) is 5.10 Å². The average molecular weight is 259 g/mol. The second-order valence-corrected chi connectivity index (χ2v) is 4.82. The molecule has 2 aromatic rings. The lowest BCUT2D eigenvalue weighted by Crippen LogP contribution is -2.18. The molecule has 0 aliphatic rings. The number of rotatable bonds is 5. The number of pyridine rings is 1. The Kier molecular flexibility index (Phi) is 4.16. The van der Waals surface area contributed by atoms with Crippen LogP contribution >= 0.6 is 0 Å². The number of hydrogen-bond donors (Lipinski definition) is 1. The summed E-state index contributed by atoms with van der Waals surface area (Å²) in [6.45, 7) is 6.70. The van der Waals surface area contributed by atoms with Crippen LogP contribution in [0.2, 0.25) is 0 Å². The minimum Gasteiger partial charge on any atom is -0.383 e. The van der Waals surface area contributed by atoms with Crippen LogP contribution in [0.1, 0.15) is 23.7 Å². The van der Waals surface area contributed by atoms with Gasteiger partial charge in [0.15, 0.2) is 0 Å². The maximum absolute atomic E-state index is 5.86. The third kappa shape index (κ3) is 3.32. The second kappa shape index (κ2) is 5.84. The molecule has 0 saturated carbocycles. The number of anilines is 1. The van der Waals surface area contributed by atoms with E-state index in [1.54, 1.807) is 6.20 Å². The minimum atomic E-state index is 0.607. The first-order chi connectivity index (χ1) is 9.10. The maximum Gasteiger partial charge on any atom is 0.127 e. The molecule has 0 bridgehead atoms. The van der Waals surface area contributed by atoms with Gasteiger partial charge in [-0.05, 0) is 27.0 Å². The molecule has 0 amide bonds. The van der Waals surface area contributed by atoms with Crippen LogP contribution in [0.3, 0.4) is 0 Å². The zero-order chi connectivity index (χ0) is 13.8. The van der Waals surface area contributed by atoms with Crippen LogP contribution in [0, 0.1) is 6.92 Å². The van der Waals surface area contributed by atoms with Gasteiger partial charge in [0.25, 0.3) is 0 Å². The van der Waals surface area contributed by atoms with Crippen LogP contribution < -0.4 is 5.73 Å². The first-order valence-corrected chi connectivity index (χ1v) is 6.51. The van der Waals surface area contributed by atoms with Crippen LogP contribution in [0.25, 0.3) is 0 Å². The highest BCUT2D eigenvalue weighted by molar-refractivity contribution is 5.38. The molecular weight excluding hydrogens is 238 g/mol. The Balaban J connectivity index is 2.03. The Bertz CT molecular complexity index is 547. The standard InChI is InChI=1S/C14H21N5/c1-4-19-10-13(11(2)17-19)9-18(3)8-12-6-5-7-16-14(12)15/h5-7,10H,4,8-9H2,1-3H3,(H2,15,16). The van der Waals surface area contributed by atoms with E-state index >= 15 is 0 Å². The topological polar surface area (TPSA) is 60.0 Å². The average Bonchev–Trinajstić information content (AvgIpc) is 2.73. The summed E-state index contributed by atoms with van der Waals surface area (Å²) in [6, 6.07) is 3.93. The van der Waals surface area contributed by atoms with Crippen molar-refractivity contribution in [2.24, 2.45) is 0 Å². The Hall–Kier alpha value is -1.88. The second-order valence-electron chi connectivity index (χ2n) is 4.82. The Morgan fingerprint density at radius 3 is 2.68 bits per heavy atom. The molecule has 5 nitrogen and oxygen atoms in total. The molecule has 2 rings (SSSR count). The summed E-state index contributed by atoms with van der Waals surface area (Å²) in [5.41, 5.74) is 9.27. The van der Waals surface area contributed by atoms with Crippen molar-refractivity contribution < 1.29 is 0 Å². The Morgan fingerprint density at radius 1 is 1.32 bits per heavy atom. The van der Waals surface area contributed by atoms with Gasteiger partial charge in [-0.1, -0.05) is 6.07 Å². The zero-order valence-corrected chi connectivity index (χ0v) is 11.8. The SMILES string of the molecule is CCn1cc(CN(C)Cc2cccnc2N)c(C)n1. The van der Waals surface area contributed by atoms with Gasteiger partial charge < -0.3 is 5.73 Å². The molecule has 0 spiro atoms. The van der Waals surface area contributed by atoms with E-state index < -0.39 is 0 Å². The molecule has 0 aliphatic heterocycles. The third-order valence-corrected chi connectivity index (χ3v) is 3.18. The molecule has 102 valence electrons. The fraction of sp³-hybridized carbons (Fsp3) is 0.429. The largest absolute Gasteiger partial charge is 0.383 e. The number of nitrogens with zero attached hydrogens (tertiary/aromatic N) is 4. The van der Waals surface area contributed by atoms with E-state index in [4.69, 9.17) is 5.73 Å². The van der Waals surface area contributed by atoms with Crippen molar-refractivity contribution in [3.05, 3.63) is 41.3 Å². The fourth-order valence-corrected chi connectivity index (χ4v) is 2.10. The van der Waals surface area contributed by atoms with Crippen molar-refractivity contribution in [1.82, 2.24) is 19.7 Å². The van der Waals surface area contributed by atoms with Gasteiger partial charge in [0, 0.05) is 43.2 Å².